The summed E-state index contributed by atoms with van der Waals surface area (Å²) in [6, 6.07) is 6.16. The van der Waals surface area contributed by atoms with Crippen molar-refractivity contribution < 1.29 is 19.2 Å². The third-order valence-electron chi connectivity index (χ3n) is 3.78. The van der Waals surface area contributed by atoms with Crippen LogP contribution in [0.15, 0.2) is 24.3 Å². The van der Waals surface area contributed by atoms with Crippen LogP contribution in [-0.4, -0.2) is 39.9 Å². The van der Waals surface area contributed by atoms with Gasteiger partial charge in [0, 0.05) is 12.1 Å². The highest BCUT2D eigenvalue weighted by molar-refractivity contribution is 5.69. The smallest absolute Gasteiger partial charge is 0.412 e. The van der Waals surface area contributed by atoms with Crippen molar-refractivity contribution in [2.45, 2.75) is 58.4 Å². The molecule has 0 bridgehead atoms. The minimum atomic E-state index is -0.756. The van der Waals surface area contributed by atoms with Crippen molar-refractivity contribution in [3.8, 4) is 0 Å². The third-order valence-corrected chi connectivity index (χ3v) is 3.78. The average Bonchev–Trinajstić information content (AvgIpc) is 2.72. The number of nitro benzene ring substituents is 1. The number of hydrogen-bond donors (Lipinski definition) is 0. The molecular formula is C17H24N2O5. The molecule has 0 aliphatic carbocycles. The first-order valence-corrected chi connectivity index (χ1v) is 7.89. The fraction of sp³-hybridized carbons (Fsp3) is 0.588. The second-order valence-electron chi connectivity index (χ2n) is 7.39. The molecule has 1 saturated heterocycles. The standard InChI is InChI=1S/C17H24N2O5/c1-16(2,3)24-15(20)18-14(11-23-17(18,4)5)10-12-6-8-13(9-7-12)19(21)22/h6-9,14H,10-11H2,1-5H3. The van der Waals surface area contributed by atoms with E-state index in [4.69, 9.17) is 9.47 Å². The molecule has 1 aromatic rings. The Balaban J connectivity index is 2.15. The monoisotopic (exact) mass is 336 g/mol. The molecule has 7 heteroatoms. The Morgan fingerprint density at radius 2 is 1.96 bits per heavy atom. The third kappa shape index (κ3) is 4.23. The summed E-state index contributed by atoms with van der Waals surface area (Å²) in [5.41, 5.74) is -0.396. The molecule has 24 heavy (non-hydrogen) atoms. The van der Waals surface area contributed by atoms with Crippen LogP contribution in [0.1, 0.15) is 40.2 Å². The second-order valence-corrected chi connectivity index (χ2v) is 7.39. The Morgan fingerprint density at radius 1 is 1.38 bits per heavy atom. The van der Waals surface area contributed by atoms with Crippen LogP contribution in [0.25, 0.3) is 0 Å². The quantitative estimate of drug-likeness (QED) is 0.623. The molecular weight excluding hydrogens is 312 g/mol. The molecule has 0 radical (unpaired) electrons. The Kier molecular flexibility index (Phi) is 4.85. The first kappa shape index (κ1) is 18.2. The zero-order chi connectivity index (χ0) is 18.1. The molecule has 0 N–H and O–H groups in total. The van der Waals surface area contributed by atoms with Crippen LogP contribution in [-0.2, 0) is 15.9 Å². The first-order chi connectivity index (χ1) is 11.0. The number of carbonyl (C=O) groups is 1. The number of amides is 1. The minimum Gasteiger partial charge on any atom is -0.444 e. The lowest BCUT2D eigenvalue weighted by Gasteiger charge is -2.35. The van der Waals surface area contributed by atoms with Crippen molar-refractivity contribution in [2.75, 3.05) is 6.61 Å². The average molecular weight is 336 g/mol. The topological polar surface area (TPSA) is 81.9 Å². The van der Waals surface area contributed by atoms with Gasteiger partial charge in [0.25, 0.3) is 5.69 Å². The summed E-state index contributed by atoms with van der Waals surface area (Å²) in [4.78, 5) is 24.5. The van der Waals surface area contributed by atoms with Crippen LogP contribution >= 0.6 is 0 Å². The summed E-state index contributed by atoms with van der Waals surface area (Å²) >= 11 is 0. The molecule has 1 fully saturated rings. The fourth-order valence-electron chi connectivity index (χ4n) is 2.74. The van der Waals surface area contributed by atoms with Gasteiger partial charge in [-0.1, -0.05) is 12.1 Å². The second kappa shape index (κ2) is 6.39. The van der Waals surface area contributed by atoms with E-state index in [0.29, 0.717) is 13.0 Å². The molecule has 132 valence electrons. The Morgan fingerprint density at radius 3 is 2.46 bits per heavy atom. The zero-order valence-electron chi connectivity index (χ0n) is 14.7. The van der Waals surface area contributed by atoms with Crippen LogP contribution in [0, 0.1) is 10.1 Å². The molecule has 0 spiro atoms. The number of hydrogen-bond acceptors (Lipinski definition) is 5. The molecule has 0 aromatic heterocycles. The molecule has 7 nitrogen and oxygen atoms in total. The number of carbonyl (C=O) groups excluding carboxylic acids is 1. The van der Waals surface area contributed by atoms with E-state index in [-0.39, 0.29) is 11.7 Å². The van der Waals surface area contributed by atoms with E-state index in [1.54, 1.807) is 17.0 Å². The fourth-order valence-corrected chi connectivity index (χ4v) is 2.74. The van der Waals surface area contributed by atoms with E-state index in [2.05, 4.69) is 0 Å². The van der Waals surface area contributed by atoms with Crippen LogP contribution < -0.4 is 0 Å². The molecule has 0 saturated carbocycles. The van der Waals surface area contributed by atoms with E-state index in [0.717, 1.165) is 5.56 Å². The van der Waals surface area contributed by atoms with Gasteiger partial charge in [-0.15, -0.1) is 0 Å². The van der Waals surface area contributed by atoms with Crippen LogP contribution in [0.3, 0.4) is 0 Å². The molecule has 1 unspecified atom stereocenters. The predicted octanol–water partition coefficient (Wildman–Crippen LogP) is 3.51. The van der Waals surface area contributed by atoms with E-state index in [1.165, 1.54) is 12.1 Å². The SMILES string of the molecule is CC(C)(C)OC(=O)N1C(Cc2ccc([N+](=O)[O-])cc2)COC1(C)C. The van der Waals surface area contributed by atoms with E-state index in [9.17, 15) is 14.9 Å². The molecule has 2 rings (SSSR count). The van der Waals surface area contributed by atoms with Crippen molar-refractivity contribution in [2.24, 2.45) is 0 Å². The van der Waals surface area contributed by atoms with E-state index >= 15 is 0 Å². The zero-order valence-corrected chi connectivity index (χ0v) is 14.7. The highest BCUT2D eigenvalue weighted by atomic mass is 16.6. The van der Waals surface area contributed by atoms with Crippen molar-refractivity contribution in [1.82, 2.24) is 4.90 Å². The lowest BCUT2D eigenvalue weighted by atomic mass is 10.0. The van der Waals surface area contributed by atoms with Gasteiger partial charge >= 0.3 is 6.09 Å². The van der Waals surface area contributed by atoms with Gasteiger partial charge in [0.15, 0.2) is 0 Å². The van der Waals surface area contributed by atoms with E-state index in [1.807, 2.05) is 34.6 Å². The maximum Gasteiger partial charge on any atom is 0.412 e. The Hall–Kier alpha value is -2.15. The van der Waals surface area contributed by atoms with Crippen molar-refractivity contribution in [1.29, 1.82) is 0 Å². The lowest BCUT2D eigenvalue weighted by molar-refractivity contribution is -0.384. The normalized spacial score (nSPS) is 20.0. The highest BCUT2D eigenvalue weighted by Crippen LogP contribution is 2.31. The summed E-state index contributed by atoms with van der Waals surface area (Å²) in [5.74, 6) is 0. The lowest BCUT2D eigenvalue weighted by Crippen LogP contribution is -2.50. The molecule has 1 heterocycles. The van der Waals surface area contributed by atoms with Gasteiger partial charge in [0.2, 0.25) is 0 Å². The Bertz CT molecular complexity index is 619. The summed E-state index contributed by atoms with van der Waals surface area (Å²) in [7, 11) is 0. The number of benzene rings is 1. The number of ether oxygens (including phenoxy) is 2. The molecule has 1 aliphatic rings. The van der Waals surface area contributed by atoms with Crippen molar-refractivity contribution in [3.05, 3.63) is 39.9 Å². The summed E-state index contributed by atoms with van der Waals surface area (Å²) in [6.45, 7) is 9.50. The van der Waals surface area contributed by atoms with Gasteiger partial charge in [-0.2, -0.15) is 0 Å². The minimum absolute atomic E-state index is 0.0470. The molecule has 1 aromatic carbocycles. The van der Waals surface area contributed by atoms with Crippen LogP contribution in [0.4, 0.5) is 10.5 Å². The molecule has 1 atom stereocenters. The predicted molar refractivity (Wildman–Crippen MR) is 88.7 cm³/mol. The summed E-state index contributed by atoms with van der Waals surface area (Å²) < 4.78 is 11.2. The summed E-state index contributed by atoms with van der Waals surface area (Å²) in [5, 5.41) is 10.7. The maximum absolute atomic E-state index is 12.6. The highest BCUT2D eigenvalue weighted by Gasteiger charge is 2.45. The van der Waals surface area contributed by atoms with Gasteiger partial charge < -0.3 is 9.47 Å². The maximum atomic E-state index is 12.6. The molecule has 1 aliphatic heterocycles. The van der Waals surface area contributed by atoms with Gasteiger partial charge in [-0.3, -0.25) is 15.0 Å². The molecule has 1 amide bonds. The van der Waals surface area contributed by atoms with E-state index < -0.39 is 22.3 Å². The largest absolute Gasteiger partial charge is 0.444 e. The van der Waals surface area contributed by atoms with Gasteiger partial charge in [-0.25, -0.2) is 4.79 Å². The Labute approximate surface area is 141 Å². The van der Waals surface area contributed by atoms with Crippen molar-refractivity contribution >= 4 is 11.8 Å². The number of nitrogens with zero attached hydrogens (tertiary/aromatic N) is 2. The first-order valence-electron chi connectivity index (χ1n) is 7.89. The van der Waals surface area contributed by atoms with Crippen LogP contribution in [0.5, 0.6) is 0 Å². The van der Waals surface area contributed by atoms with Gasteiger partial charge in [-0.05, 0) is 46.6 Å². The van der Waals surface area contributed by atoms with Gasteiger partial charge in [0.05, 0.1) is 17.6 Å². The number of non-ortho nitro benzene ring substituents is 1. The van der Waals surface area contributed by atoms with Gasteiger partial charge in [0.1, 0.15) is 11.3 Å². The number of nitro groups is 1. The number of rotatable bonds is 3. The van der Waals surface area contributed by atoms with Crippen LogP contribution in [0.2, 0.25) is 0 Å². The van der Waals surface area contributed by atoms with Crippen molar-refractivity contribution in [3.63, 3.8) is 0 Å². The summed E-state index contributed by atoms with van der Waals surface area (Å²) in [6.07, 6.45) is 0.123.